The molecule has 29 heavy (non-hydrogen) atoms. The Hall–Kier alpha value is -3.10. The van der Waals surface area contributed by atoms with Crippen molar-refractivity contribution >= 4 is 11.0 Å². The van der Waals surface area contributed by atoms with Gasteiger partial charge in [-0.2, -0.15) is 5.10 Å². The average Bonchev–Trinajstić information content (AvgIpc) is 3.30. The summed E-state index contributed by atoms with van der Waals surface area (Å²) >= 11 is 0. The van der Waals surface area contributed by atoms with Crippen LogP contribution in [0, 0.1) is 13.8 Å². The van der Waals surface area contributed by atoms with Gasteiger partial charge < -0.3 is 15.0 Å². The van der Waals surface area contributed by atoms with Crippen molar-refractivity contribution in [3.63, 3.8) is 0 Å². The van der Waals surface area contributed by atoms with Crippen molar-refractivity contribution in [2.75, 3.05) is 20.8 Å². The molecule has 0 aliphatic heterocycles. The fourth-order valence-electron chi connectivity index (χ4n) is 3.51. The SMILES string of the molecule is CNCc1cncc(-c2cnc3n[nH]c(-c4nc(CCOC)c(C)[nH]4)c3c2)c1C. The molecule has 4 aromatic heterocycles. The van der Waals surface area contributed by atoms with Crippen LogP contribution in [0.2, 0.25) is 0 Å². The molecular formula is C21H25N7O. The van der Waals surface area contributed by atoms with Crippen LogP contribution < -0.4 is 5.32 Å². The van der Waals surface area contributed by atoms with Gasteiger partial charge in [0.05, 0.1) is 17.7 Å². The minimum atomic E-state index is 0.635. The lowest BCUT2D eigenvalue weighted by Gasteiger charge is -2.10. The number of hydrogen-bond acceptors (Lipinski definition) is 6. The first-order valence-electron chi connectivity index (χ1n) is 9.59. The van der Waals surface area contributed by atoms with Crippen LogP contribution in [0.1, 0.15) is 22.5 Å². The van der Waals surface area contributed by atoms with Crippen molar-refractivity contribution in [2.24, 2.45) is 0 Å². The summed E-state index contributed by atoms with van der Waals surface area (Å²) < 4.78 is 5.18. The van der Waals surface area contributed by atoms with E-state index < -0.39 is 0 Å². The van der Waals surface area contributed by atoms with Crippen LogP contribution in [-0.4, -0.2) is 50.9 Å². The maximum Gasteiger partial charge on any atom is 0.181 e. The molecule has 0 aliphatic carbocycles. The van der Waals surface area contributed by atoms with Crippen LogP contribution in [-0.2, 0) is 17.7 Å². The van der Waals surface area contributed by atoms with Gasteiger partial charge in [0.2, 0.25) is 0 Å². The van der Waals surface area contributed by atoms with Gasteiger partial charge in [-0.1, -0.05) is 0 Å². The van der Waals surface area contributed by atoms with E-state index in [1.165, 1.54) is 11.1 Å². The second-order valence-corrected chi connectivity index (χ2v) is 7.10. The number of ether oxygens (including phenoxy) is 1. The lowest BCUT2D eigenvalue weighted by Crippen LogP contribution is -2.07. The first kappa shape index (κ1) is 19.2. The van der Waals surface area contributed by atoms with E-state index in [0.29, 0.717) is 12.3 Å². The van der Waals surface area contributed by atoms with E-state index in [2.05, 4.69) is 43.5 Å². The second-order valence-electron chi connectivity index (χ2n) is 7.10. The maximum absolute atomic E-state index is 5.18. The molecule has 0 aliphatic rings. The standard InChI is InChI=1S/C21H25N7O/c1-12-15(8-22-3)9-23-11-17(12)14-7-16-19(27-28-20(16)24-10-14)21-25-13(2)18(26-21)5-6-29-4/h7,9-11,22H,5-6,8H2,1-4H3,(H,25,26)(H,24,27,28). The molecule has 0 saturated carbocycles. The first-order valence-corrected chi connectivity index (χ1v) is 9.59. The molecule has 150 valence electrons. The summed E-state index contributed by atoms with van der Waals surface area (Å²) in [5, 5.41) is 11.6. The smallest absolute Gasteiger partial charge is 0.181 e. The highest BCUT2D eigenvalue weighted by atomic mass is 16.5. The van der Waals surface area contributed by atoms with E-state index in [4.69, 9.17) is 9.72 Å². The zero-order chi connectivity index (χ0) is 20.4. The van der Waals surface area contributed by atoms with Crippen molar-refractivity contribution in [1.29, 1.82) is 0 Å². The molecule has 0 fully saturated rings. The Morgan fingerprint density at radius 1 is 1.17 bits per heavy atom. The monoisotopic (exact) mass is 391 g/mol. The molecule has 0 saturated heterocycles. The third kappa shape index (κ3) is 3.64. The average molecular weight is 391 g/mol. The summed E-state index contributed by atoms with van der Waals surface area (Å²) in [6.07, 6.45) is 6.39. The molecule has 0 spiro atoms. The fraction of sp³-hybridized carbons (Fsp3) is 0.333. The Morgan fingerprint density at radius 3 is 2.83 bits per heavy atom. The molecule has 4 rings (SSSR count). The number of hydrogen-bond donors (Lipinski definition) is 3. The molecule has 3 N–H and O–H groups in total. The topological polar surface area (TPSA) is 104 Å². The van der Waals surface area contributed by atoms with Crippen molar-refractivity contribution in [2.45, 2.75) is 26.8 Å². The number of aromatic amines is 2. The Kier molecular flexibility index (Phi) is 5.37. The summed E-state index contributed by atoms with van der Waals surface area (Å²) in [7, 11) is 3.63. The predicted octanol–water partition coefficient (Wildman–Crippen LogP) is 2.94. The normalized spacial score (nSPS) is 11.4. The van der Waals surface area contributed by atoms with Gasteiger partial charge in [-0.25, -0.2) is 9.97 Å². The first-order chi connectivity index (χ1) is 14.1. The van der Waals surface area contributed by atoms with Gasteiger partial charge in [0.25, 0.3) is 0 Å². The van der Waals surface area contributed by atoms with Crippen LogP contribution in [0.15, 0.2) is 24.7 Å². The Balaban J connectivity index is 1.77. The van der Waals surface area contributed by atoms with E-state index in [1.54, 1.807) is 7.11 Å². The van der Waals surface area contributed by atoms with E-state index in [1.807, 2.05) is 32.6 Å². The van der Waals surface area contributed by atoms with Crippen LogP contribution in [0.25, 0.3) is 33.7 Å². The summed E-state index contributed by atoms with van der Waals surface area (Å²) in [6, 6.07) is 2.10. The molecule has 0 bridgehead atoms. The van der Waals surface area contributed by atoms with Gasteiger partial charge in [0, 0.05) is 55.5 Å². The number of imidazole rings is 1. The number of nitrogens with zero attached hydrogens (tertiary/aromatic N) is 4. The molecule has 8 nitrogen and oxygen atoms in total. The van der Waals surface area contributed by atoms with E-state index in [0.717, 1.165) is 52.4 Å². The molecule has 8 heteroatoms. The summed E-state index contributed by atoms with van der Waals surface area (Å²) in [4.78, 5) is 17.1. The lowest BCUT2D eigenvalue weighted by atomic mass is 10.00. The Labute approximate surface area is 169 Å². The highest BCUT2D eigenvalue weighted by Crippen LogP contribution is 2.30. The van der Waals surface area contributed by atoms with Gasteiger partial charge in [0.15, 0.2) is 11.5 Å². The van der Waals surface area contributed by atoms with Crippen LogP contribution in [0.4, 0.5) is 0 Å². The van der Waals surface area contributed by atoms with E-state index >= 15 is 0 Å². The molecule has 4 heterocycles. The van der Waals surface area contributed by atoms with Gasteiger partial charge in [-0.15, -0.1) is 0 Å². The van der Waals surface area contributed by atoms with Gasteiger partial charge in [0.1, 0.15) is 5.69 Å². The fourth-order valence-corrected chi connectivity index (χ4v) is 3.51. The minimum absolute atomic E-state index is 0.635. The number of H-pyrrole nitrogens is 2. The van der Waals surface area contributed by atoms with Gasteiger partial charge in [-0.05, 0) is 38.1 Å². The van der Waals surface area contributed by atoms with Crippen LogP contribution in [0.3, 0.4) is 0 Å². The molecule has 4 aromatic rings. The van der Waals surface area contributed by atoms with E-state index in [-0.39, 0.29) is 0 Å². The molecule has 0 atom stereocenters. The molecule has 0 unspecified atom stereocenters. The zero-order valence-electron chi connectivity index (χ0n) is 17.1. The number of aromatic nitrogens is 6. The second kappa shape index (κ2) is 8.10. The van der Waals surface area contributed by atoms with Crippen LogP contribution in [0.5, 0.6) is 0 Å². The number of pyridine rings is 2. The van der Waals surface area contributed by atoms with Gasteiger partial charge >= 0.3 is 0 Å². The van der Waals surface area contributed by atoms with Crippen molar-refractivity contribution in [3.8, 4) is 22.6 Å². The number of rotatable bonds is 7. The predicted molar refractivity (Wildman–Crippen MR) is 113 cm³/mol. The highest BCUT2D eigenvalue weighted by Gasteiger charge is 2.16. The van der Waals surface area contributed by atoms with Gasteiger partial charge in [-0.3, -0.25) is 10.1 Å². The third-order valence-corrected chi connectivity index (χ3v) is 5.17. The summed E-state index contributed by atoms with van der Waals surface area (Å²) in [5.41, 5.74) is 7.95. The molecular weight excluding hydrogens is 366 g/mol. The zero-order valence-corrected chi connectivity index (χ0v) is 17.1. The summed E-state index contributed by atoms with van der Waals surface area (Å²) in [6.45, 7) is 5.54. The van der Waals surface area contributed by atoms with Crippen molar-refractivity contribution in [3.05, 3.63) is 47.2 Å². The molecule has 0 aromatic carbocycles. The number of aryl methyl sites for hydroxylation is 1. The summed E-state index contributed by atoms with van der Waals surface area (Å²) in [5.74, 6) is 0.758. The van der Waals surface area contributed by atoms with E-state index in [9.17, 15) is 0 Å². The minimum Gasteiger partial charge on any atom is -0.384 e. The maximum atomic E-state index is 5.18. The number of nitrogens with one attached hydrogen (secondary N) is 3. The number of fused-ring (bicyclic) bond motifs is 1. The Bertz CT molecular complexity index is 1150. The molecule has 0 amide bonds. The van der Waals surface area contributed by atoms with Crippen molar-refractivity contribution in [1.82, 2.24) is 35.5 Å². The van der Waals surface area contributed by atoms with Crippen molar-refractivity contribution < 1.29 is 4.74 Å². The molecule has 0 radical (unpaired) electrons. The lowest BCUT2D eigenvalue weighted by molar-refractivity contribution is 0.201. The largest absolute Gasteiger partial charge is 0.384 e. The highest BCUT2D eigenvalue weighted by molar-refractivity contribution is 5.92. The number of methoxy groups -OCH3 is 1. The quantitative estimate of drug-likeness (QED) is 0.447. The van der Waals surface area contributed by atoms with Crippen LogP contribution >= 0.6 is 0 Å². The third-order valence-electron chi connectivity index (χ3n) is 5.17. The Morgan fingerprint density at radius 2 is 2.03 bits per heavy atom.